The van der Waals surface area contributed by atoms with Crippen molar-refractivity contribution >= 4 is 38.9 Å². The first-order valence-electron chi connectivity index (χ1n) is 7.40. The third kappa shape index (κ3) is 2.31. The van der Waals surface area contributed by atoms with Crippen LogP contribution < -0.4 is 0 Å². The van der Waals surface area contributed by atoms with Crippen LogP contribution in [-0.4, -0.2) is 39.3 Å². The van der Waals surface area contributed by atoms with Crippen molar-refractivity contribution in [1.29, 1.82) is 0 Å². The van der Waals surface area contributed by atoms with Gasteiger partial charge in [-0.15, -0.1) is 11.3 Å². The van der Waals surface area contributed by atoms with Gasteiger partial charge in [0.2, 0.25) is 5.91 Å². The summed E-state index contributed by atoms with van der Waals surface area (Å²) in [5.41, 5.74) is 2.21. The van der Waals surface area contributed by atoms with Crippen molar-refractivity contribution in [3.05, 3.63) is 39.7 Å². The maximum absolute atomic E-state index is 14.8. The minimum absolute atomic E-state index is 0.0748. The number of fused-ring (bicyclic) bond motifs is 3. The molecule has 1 aliphatic rings. The minimum Gasteiger partial charge on any atom is -0.387 e. The van der Waals surface area contributed by atoms with Gasteiger partial charge in [0.1, 0.15) is 6.61 Å². The molecule has 24 heavy (non-hydrogen) atoms. The predicted molar refractivity (Wildman–Crippen MR) is 90.6 cm³/mol. The number of halogens is 2. The number of carbonyl (C=O) groups is 1. The third-order valence-corrected chi connectivity index (χ3v) is 5.97. The summed E-state index contributed by atoms with van der Waals surface area (Å²) in [6.07, 6.45) is 3.90. The summed E-state index contributed by atoms with van der Waals surface area (Å²) in [5.74, 6) is -0.755. The van der Waals surface area contributed by atoms with Gasteiger partial charge in [-0.2, -0.15) is 5.10 Å². The predicted octanol–water partition coefficient (Wildman–Crippen LogP) is 2.96. The molecule has 0 radical (unpaired) electrons. The van der Waals surface area contributed by atoms with E-state index < -0.39 is 12.4 Å². The zero-order valence-corrected chi connectivity index (χ0v) is 14.0. The molecule has 2 N–H and O–H groups in total. The molecule has 1 amide bonds. The molecule has 0 spiro atoms. The van der Waals surface area contributed by atoms with Gasteiger partial charge in [-0.05, 0) is 18.1 Å². The number of aromatic amines is 1. The highest BCUT2D eigenvalue weighted by Crippen LogP contribution is 2.42. The number of aliphatic hydroxyl groups is 1. The average Bonchev–Trinajstić information content (AvgIpc) is 3.24. The van der Waals surface area contributed by atoms with E-state index in [4.69, 9.17) is 16.7 Å². The number of rotatable bonds is 2. The van der Waals surface area contributed by atoms with E-state index in [1.54, 1.807) is 17.3 Å². The number of aliphatic hydroxyl groups excluding tert-OH is 1. The quantitative estimate of drug-likeness (QED) is 0.733. The Balaban J connectivity index is 1.90. The molecule has 0 unspecified atom stereocenters. The van der Waals surface area contributed by atoms with Crippen molar-refractivity contribution in [3.63, 3.8) is 0 Å². The molecule has 0 aliphatic carbocycles. The van der Waals surface area contributed by atoms with E-state index in [1.165, 1.54) is 11.3 Å². The molecule has 0 atom stereocenters. The lowest BCUT2D eigenvalue weighted by Crippen LogP contribution is -2.37. The summed E-state index contributed by atoms with van der Waals surface area (Å²) in [5, 5.41) is 16.5. The monoisotopic (exact) mass is 365 g/mol. The Labute approximate surface area is 145 Å². The van der Waals surface area contributed by atoms with Gasteiger partial charge in [-0.1, -0.05) is 11.6 Å². The second kappa shape index (κ2) is 5.84. The summed E-state index contributed by atoms with van der Waals surface area (Å²) in [7, 11) is 0. The topological polar surface area (TPSA) is 69.2 Å². The highest BCUT2D eigenvalue weighted by molar-refractivity contribution is 7.19. The molecule has 0 bridgehead atoms. The summed E-state index contributed by atoms with van der Waals surface area (Å²) in [6, 6.07) is 1.86. The zero-order valence-electron chi connectivity index (χ0n) is 12.5. The lowest BCUT2D eigenvalue weighted by Gasteiger charge is -2.26. The molecule has 8 heteroatoms. The molecule has 0 saturated heterocycles. The number of amides is 1. The number of hydrogen-bond acceptors (Lipinski definition) is 4. The molecule has 0 saturated carbocycles. The fourth-order valence-corrected chi connectivity index (χ4v) is 4.61. The van der Waals surface area contributed by atoms with Crippen LogP contribution in [0.2, 0.25) is 5.02 Å². The zero-order chi connectivity index (χ0) is 16.8. The van der Waals surface area contributed by atoms with Crippen LogP contribution in [0, 0.1) is 5.82 Å². The first-order chi connectivity index (χ1) is 11.6. The Hall–Kier alpha value is -1.96. The number of carbonyl (C=O) groups excluding carboxylic acids is 1. The molecule has 2 aromatic heterocycles. The SMILES string of the molecule is O=C(CO)N1CCc2sc3c(F)c(Cl)c(-c4cn[nH]c4)cc3c2C1. The highest BCUT2D eigenvalue weighted by atomic mass is 35.5. The number of H-pyrrole nitrogens is 1. The Morgan fingerprint density at radius 1 is 1.54 bits per heavy atom. The van der Waals surface area contributed by atoms with Crippen molar-refractivity contribution < 1.29 is 14.3 Å². The molecule has 0 fully saturated rings. The van der Waals surface area contributed by atoms with Crippen molar-refractivity contribution in [3.8, 4) is 11.1 Å². The lowest BCUT2D eigenvalue weighted by atomic mass is 10.0. The maximum Gasteiger partial charge on any atom is 0.248 e. The van der Waals surface area contributed by atoms with Crippen molar-refractivity contribution in [2.24, 2.45) is 0 Å². The summed E-state index contributed by atoms with van der Waals surface area (Å²) < 4.78 is 15.3. The number of benzene rings is 1. The molecule has 1 aromatic carbocycles. The molecular weight excluding hydrogens is 353 g/mol. The first-order valence-corrected chi connectivity index (χ1v) is 8.59. The summed E-state index contributed by atoms with van der Waals surface area (Å²) in [6.45, 7) is 0.391. The first kappa shape index (κ1) is 15.6. The molecular formula is C16H13ClFN3O2S. The van der Waals surface area contributed by atoms with E-state index >= 15 is 0 Å². The van der Waals surface area contributed by atoms with Gasteiger partial charge < -0.3 is 10.0 Å². The second-order valence-electron chi connectivity index (χ2n) is 5.64. The molecule has 1 aliphatic heterocycles. The standard InChI is InChI=1S/C16H13ClFN3O2S/c17-14-9(8-4-19-20-5-8)3-10-11-6-21(13(23)7-22)2-1-12(11)24-16(10)15(14)18/h3-5,22H,1-2,6-7H2,(H,19,20). The van der Waals surface area contributed by atoms with E-state index in [0.717, 1.165) is 15.8 Å². The highest BCUT2D eigenvalue weighted by Gasteiger charge is 2.26. The fourth-order valence-electron chi connectivity index (χ4n) is 3.07. The molecule has 124 valence electrons. The second-order valence-corrected chi connectivity index (χ2v) is 7.13. The van der Waals surface area contributed by atoms with E-state index in [9.17, 15) is 9.18 Å². The lowest BCUT2D eigenvalue weighted by molar-refractivity contribution is -0.135. The van der Waals surface area contributed by atoms with E-state index in [1.807, 2.05) is 6.07 Å². The van der Waals surface area contributed by atoms with Crippen LogP contribution in [-0.2, 0) is 17.8 Å². The van der Waals surface area contributed by atoms with Gasteiger partial charge in [0, 0.05) is 40.7 Å². The van der Waals surface area contributed by atoms with E-state index in [-0.39, 0.29) is 10.9 Å². The van der Waals surface area contributed by atoms with Crippen LogP contribution in [0.25, 0.3) is 21.2 Å². The Morgan fingerprint density at radius 2 is 2.38 bits per heavy atom. The van der Waals surface area contributed by atoms with Gasteiger partial charge in [0.15, 0.2) is 5.82 Å². The molecule has 3 aromatic rings. The summed E-state index contributed by atoms with van der Waals surface area (Å²) in [4.78, 5) is 14.4. The van der Waals surface area contributed by atoms with Crippen molar-refractivity contribution in [2.75, 3.05) is 13.2 Å². The Morgan fingerprint density at radius 3 is 3.08 bits per heavy atom. The van der Waals surface area contributed by atoms with Gasteiger partial charge in [-0.25, -0.2) is 4.39 Å². The number of nitrogens with zero attached hydrogens (tertiary/aromatic N) is 2. The van der Waals surface area contributed by atoms with Gasteiger partial charge in [0.05, 0.1) is 15.9 Å². The Bertz CT molecular complexity index is 939. The van der Waals surface area contributed by atoms with Crippen LogP contribution in [0.4, 0.5) is 4.39 Å². The molecule has 5 nitrogen and oxygen atoms in total. The van der Waals surface area contributed by atoms with Crippen LogP contribution in [0.15, 0.2) is 18.5 Å². The number of hydrogen-bond donors (Lipinski definition) is 2. The van der Waals surface area contributed by atoms with Gasteiger partial charge in [-0.3, -0.25) is 9.89 Å². The van der Waals surface area contributed by atoms with Crippen LogP contribution in [0.3, 0.4) is 0 Å². The normalized spacial score (nSPS) is 14.2. The fraction of sp³-hybridized carbons (Fsp3) is 0.250. The molecule has 4 rings (SSSR count). The van der Waals surface area contributed by atoms with Crippen molar-refractivity contribution in [2.45, 2.75) is 13.0 Å². The largest absolute Gasteiger partial charge is 0.387 e. The smallest absolute Gasteiger partial charge is 0.248 e. The number of thiophene rings is 1. The van der Waals surface area contributed by atoms with Gasteiger partial charge >= 0.3 is 0 Å². The molecule has 3 heterocycles. The number of aromatic nitrogens is 2. The van der Waals surface area contributed by atoms with E-state index in [2.05, 4.69) is 10.2 Å². The summed E-state index contributed by atoms with van der Waals surface area (Å²) >= 11 is 7.61. The minimum atomic E-state index is -0.516. The van der Waals surface area contributed by atoms with Crippen LogP contribution in [0.5, 0.6) is 0 Å². The van der Waals surface area contributed by atoms with Gasteiger partial charge in [0.25, 0.3) is 0 Å². The third-order valence-electron chi connectivity index (χ3n) is 4.30. The number of nitrogens with one attached hydrogen (secondary N) is 1. The van der Waals surface area contributed by atoms with Crippen LogP contribution >= 0.6 is 22.9 Å². The Kier molecular flexibility index (Phi) is 3.79. The average molecular weight is 366 g/mol. The van der Waals surface area contributed by atoms with Crippen LogP contribution in [0.1, 0.15) is 10.4 Å². The van der Waals surface area contributed by atoms with E-state index in [0.29, 0.717) is 35.3 Å². The maximum atomic E-state index is 14.8. The van der Waals surface area contributed by atoms with Crippen molar-refractivity contribution in [1.82, 2.24) is 15.1 Å².